The first kappa shape index (κ1) is 13.8. The highest BCUT2D eigenvalue weighted by Gasteiger charge is 2.15. The van der Waals surface area contributed by atoms with Gasteiger partial charge in [-0.3, -0.25) is 0 Å². The molecule has 0 saturated heterocycles. The molecule has 0 spiro atoms. The van der Waals surface area contributed by atoms with Gasteiger partial charge in [0.2, 0.25) is 5.76 Å². The zero-order valence-corrected chi connectivity index (χ0v) is 11.0. The topological polar surface area (TPSA) is 63.2 Å². The lowest BCUT2D eigenvalue weighted by Gasteiger charge is -2.05. The Morgan fingerprint density at radius 2 is 2.10 bits per heavy atom. The Balaban J connectivity index is 2.29. The standard InChI is InChI=1S/C15H12FNO3/c1-9(2)19-15(18)14-6-5-13(20-14)10-3-4-12(16)11(7-10)8-17/h3-7,9H,1-2H3. The number of carbonyl (C=O) groups excluding carboxylic acids is 1. The molecule has 0 unspecified atom stereocenters. The molecule has 0 N–H and O–H groups in total. The molecule has 0 bridgehead atoms. The quantitative estimate of drug-likeness (QED) is 0.802. The van der Waals surface area contributed by atoms with Crippen molar-refractivity contribution in [1.82, 2.24) is 0 Å². The Kier molecular flexibility index (Phi) is 3.85. The predicted octanol–water partition coefficient (Wildman–Crippen LogP) is 3.52. The summed E-state index contributed by atoms with van der Waals surface area (Å²) in [5, 5.41) is 8.79. The fraction of sp³-hybridized carbons (Fsp3) is 0.200. The van der Waals surface area contributed by atoms with E-state index in [0.29, 0.717) is 11.3 Å². The molecule has 4 nitrogen and oxygen atoms in total. The van der Waals surface area contributed by atoms with Gasteiger partial charge in [-0.05, 0) is 44.2 Å². The van der Waals surface area contributed by atoms with Crippen LogP contribution in [0.15, 0.2) is 34.7 Å². The first-order chi connectivity index (χ1) is 9.51. The smallest absolute Gasteiger partial charge is 0.374 e. The fourth-order valence-corrected chi connectivity index (χ4v) is 1.64. The minimum atomic E-state index is -0.595. The lowest BCUT2D eigenvalue weighted by molar-refractivity contribution is 0.0342. The number of hydrogen-bond acceptors (Lipinski definition) is 4. The summed E-state index contributed by atoms with van der Waals surface area (Å²) in [4.78, 5) is 11.6. The fourth-order valence-electron chi connectivity index (χ4n) is 1.64. The van der Waals surface area contributed by atoms with Crippen LogP contribution >= 0.6 is 0 Å². The van der Waals surface area contributed by atoms with Gasteiger partial charge in [0.05, 0.1) is 11.7 Å². The molecule has 0 aliphatic rings. The zero-order valence-electron chi connectivity index (χ0n) is 11.0. The molecule has 0 saturated carbocycles. The van der Waals surface area contributed by atoms with Gasteiger partial charge in [-0.2, -0.15) is 5.26 Å². The number of esters is 1. The highest BCUT2D eigenvalue weighted by atomic mass is 19.1. The second kappa shape index (κ2) is 5.57. The van der Waals surface area contributed by atoms with E-state index in [9.17, 15) is 9.18 Å². The van der Waals surface area contributed by atoms with Crippen LogP contribution in [-0.4, -0.2) is 12.1 Å². The van der Waals surface area contributed by atoms with Crippen LogP contribution in [0.2, 0.25) is 0 Å². The lowest BCUT2D eigenvalue weighted by Crippen LogP contribution is -2.10. The van der Waals surface area contributed by atoms with E-state index in [2.05, 4.69) is 0 Å². The summed E-state index contributed by atoms with van der Waals surface area (Å²) in [5.41, 5.74) is 0.441. The summed E-state index contributed by atoms with van der Waals surface area (Å²) in [6.07, 6.45) is -0.243. The van der Waals surface area contributed by atoms with Crippen molar-refractivity contribution in [2.75, 3.05) is 0 Å². The van der Waals surface area contributed by atoms with Gasteiger partial charge in [0.15, 0.2) is 0 Å². The number of furan rings is 1. The molecule has 1 aromatic carbocycles. The Morgan fingerprint density at radius 1 is 1.35 bits per heavy atom. The molecule has 20 heavy (non-hydrogen) atoms. The highest BCUT2D eigenvalue weighted by molar-refractivity contribution is 5.87. The molecule has 2 aromatic rings. The van der Waals surface area contributed by atoms with Gasteiger partial charge in [0.1, 0.15) is 17.6 Å². The summed E-state index contributed by atoms with van der Waals surface area (Å²) >= 11 is 0. The number of ether oxygens (including phenoxy) is 1. The highest BCUT2D eigenvalue weighted by Crippen LogP contribution is 2.24. The van der Waals surface area contributed by atoms with E-state index in [1.165, 1.54) is 24.3 Å². The van der Waals surface area contributed by atoms with Crippen molar-refractivity contribution in [2.45, 2.75) is 20.0 Å². The Morgan fingerprint density at radius 3 is 2.75 bits per heavy atom. The maximum absolute atomic E-state index is 13.2. The molecule has 5 heteroatoms. The van der Waals surface area contributed by atoms with E-state index in [4.69, 9.17) is 14.4 Å². The van der Waals surface area contributed by atoms with Crippen molar-refractivity contribution < 1.29 is 18.3 Å². The van der Waals surface area contributed by atoms with Crippen molar-refractivity contribution in [2.24, 2.45) is 0 Å². The number of rotatable bonds is 3. The SMILES string of the molecule is CC(C)OC(=O)c1ccc(-c2ccc(F)c(C#N)c2)o1. The van der Waals surface area contributed by atoms with E-state index in [1.807, 2.05) is 0 Å². The predicted molar refractivity (Wildman–Crippen MR) is 69.4 cm³/mol. The molecule has 102 valence electrons. The molecule has 0 amide bonds. The molecular formula is C15H12FNO3. The second-order valence-electron chi connectivity index (χ2n) is 4.42. The van der Waals surface area contributed by atoms with Crippen molar-refractivity contribution in [3.8, 4) is 17.4 Å². The van der Waals surface area contributed by atoms with E-state index < -0.39 is 11.8 Å². The van der Waals surface area contributed by atoms with Crippen LogP contribution in [0.4, 0.5) is 4.39 Å². The third-order valence-corrected chi connectivity index (χ3v) is 2.52. The third kappa shape index (κ3) is 2.86. The first-order valence-corrected chi connectivity index (χ1v) is 6.02. The molecule has 0 atom stereocenters. The molecule has 0 aliphatic carbocycles. The Bertz CT molecular complexity index is 683. The third-order valence-electron chi connectivity index (χ3n) is 2.52. The molecule has 0 radical (unpaired) electrons. The number of nitriles is 1. The molecule has 0 fully saturated rings. The summed E-state index contributed by atoms with van der Waals surface area (Å²) in [6, 6.07) is 8.84. The van der Waals surface area contributed by atoms with Crippen molar-refractivity contribution in [3.63, 3.8) is 0 Å². The molecule has 1 heterocycles. The van der Waals surface area contributed by atoms with Crippen molar-refractivity contribution >= 4 is 5.97 Å². The van der Waals surface area contributed by atoms with Crippen LogP contribution in [0.3, 0.4) is 0 Å². The van der Waals surface area contributed by atoms with Crippen LogP contribution in [0.25, 0.3) is 11.3 Å². The maximum Gasteiger partial charge on any atom is 0.374 e. The Hall–Kier alpha value is -2.61. The number of hydrogen-bond donors (Lipinski definition) is 0. The van der Waals surface area contributed by atoms with E-state index in [-0.39, 0.29) is 17.4 Å². The van der Waals surface area contributed by atoms with Gasteiger partial charge in [-0.15, -0.1) is 0 Å². The number of carbonyl (C=O) groups is 1. The van der Waals surface area contributed by atoms with Crippen LogP contribution in [-0.2, 0) is 4.74 Å². The van der Waals surface area contributed by atoms with Crippen LogP contribution < -0.4 is 0 Å². The molecule has 0 aliphatic heterocycles. The molecule has 1 aromatic heterocycles. The average Bonchev–Trinajstić information content (AvgIpc) is 2.88. The van der Waals surface area contributed by atoms with Gasteiger partial charge in [0, 0.05) is 5.56 Å². The lowest BCUT2D eigenvalue weighted by atomic mass is 10.1. The van der Waals surface area contributed by atoms with Gasteiger partial charge < -0.3 is 9.15 Å². The monoisotopic (exact) mass is 273 g/mol. The van der Waals surface area contributed by atoms with E-state index in [1.54, 1.807) is 26.0 Å². The van der Waals surface area contributed by atoms with E-state index in [0.717, 1.165) is 0 Å². The normalized spacial score (nSPS) is 10.3. The summed E-state index contributed by atoms with van der Waals surface area (Å²) in [6.45, 7) is 3.47. The molecule has 2 rings (SSSR count). The number of nitrogens with zero attached hydrogens (tertiary/aromatic N) is 1. The zero-order chi connectivity index (χ0) is 14.7. The van der Waals surface area contributed by atoms with Gasteiger partial charge in [-0.1, -0.05) is 0 Å². The molecular weight excluding hydrogens is 261 g/mol. The Labute approximate surface area is 115 Å². The van der Waals surface area contributed by atoms with Crippen molar-refractivity contribution in [3.05, 3.63) is 47.5 Å². The minimum Gasteiger partial charge on any atom is -0.457 e. The number of benzene rings is 1. The minimum absolute atomic E-state index is 0.0662. The van der Waals surface area contributed by atoms with Crippen LogP contribution in [0.5, 0.6) is 0 Å². The summed E-state index contributed by atoms with van der Waals surface area (Å²) in [7, 11) is 0. The van der Waals surface area contributed by atoms with Gasteiger partial charge in [-0.25, -0.2) is 9.18 Å². The summed E-state index contributed by atoms with van der Waals surface area (Å²) < 4.78 is 23.6. The summed E-state index contributed by atoms with van der Waals surface area (Å²) in [5.74, 6) is -0.718. The van der Waals surface area contributed by atoms with Crippen LogP contribution in [0, 0.1) is 17.1 Å². The number of halogens is 1. The van der Waals surface area contributed by atoms with Gasteiger partial charge >= 0.3 is 5.97 Å². The van der Waals surface area contributed by atoms with Crippen LogP contribution in [0.1, 0.15) is 30.0 Å². The average molecular weight is 273 g/mol. The van der Waals surface area contributed by atoms with Crippen molar-refractivity contribution in [1.29, 1.82) is 5.26 Å². The second-order valence-corrected chi connectivity index (χ2v) is 4.42. The first-order valence-electron chi connectivity index (χ1n) is 6.02. The van der Waals surface area contributed by atoms with E-state index >= 15 is 0 Å². The van der Waals surface area contributed by atoms with Gasteiger partial charge in [0.25, 0.3) is 0 Å². The maximum atomic E-state index is 13.2. The largest absolute Gasteiger partial charge is 0.457 e.